The number of fused-ring (bicyclic) bond motifs is 1. The van der Waals surface area contributed by atoms with E-state index in [-0.39, 0.29) is 5.82 Å². The number of nitrogen functional groups attached to an aromatic ring is 1. The van der Waals surface area contributed by atoms with Crippen molar-refractivity contribution >= 4 is 28.3 Å². The minimum atomic E-state index is -0.370. The summed E-state index contributed by atoms with van der Waals surface area (Å²) in [5, 5.41) is 7.81. The summed E-state index contributed by atoms with van der Waals surface area (Å²) in [5.74, 6) is -0.370. The molecule has 0 saturated carbocycles. The van der Waals surface area contributed by atoms with Crippen LogP contribution in [0.2, 0.25) is 5.02 Å². The van der Waals surface area contributed by atoms with Gasteiger partial charge in [-0.2, -0.15) is 0 Å². The summed E-state index contributed by atoms with van der Waals surface area (Å²) in [6.07, 6.45) is 0.464. The van der Waals surface area contributed by atoms with Gasteiger partial charge in [-0.1, -0.05) is 17.7 Å². The molecule has 6 heteroatoms. The van der Waals surface area contributed by atoms with Crippen molar-refractivity contribution in [2.45, 2.75) is 6.42 Å². The van der Waals surface area contributed by atoms with Gasteiger partial charge in [0.15, 0.2) is 5.52 Å². The Balaban J connectivity index is 2.02. The lowest BCUT2D eigenvalue weighted by Gasteiger charge is -2.06. The summed E-state index contributed by atoms with van der Waals surface area (Å²) in [6, 6.07) is 7.98. The van der Waals surface area contributed by atoms with Crippen molar-refractivity contribution in [1.29, 1.82) is 0 Å². The summed E-state index contributed by atoms with van der Waals surface area (Å²) in [7, 11) is 0. The number of benzene rings is 2. The van der Waals surface area contributed by atoms with Crippen molar-refractivity contribution in [2.24, 2.45) is 0 Å². The lowest BCUT2D eigenvalue weighted by Crippen LogP contribution is -1.97. The van der Waals surface area contributed by atoms with Gasteiger partial charge in [-0.3, -0.25) is 0 Å². The topological polar surface area (TPSA) is 64.9 Å². The third-order valence-corrected chi connectivity index (χ3v) is 3.09. The molecule has 0 bridgehead atoms. The Hall–Kier alpha value is -2.14. The molecule has 0 fully saturated rings. The molecular weight excluding hydrogens is 269 g/mol. The first-order chi connectivity index (χ1) is 9.13. The Morgan fingerprint density at radius 2 is 2.05 bits per heavy atom. The second-order valence-corrected chi connectivity index (χ2v) is 4.66. The van der Waals surface area contributed by atoms with Crippen LogP contribution in [-0.2, 0) is 6.42 Å². The third kappa shape index (κ3) is 2.24. The predicted octanol–water partition coefficient (Wildman–Crippen LogP) is 3.19. The molecule has 0 aliphatic heterocycles. The number of aromatic nitrogens is 2. The number of halogens is 2. The average Bonchev–Trinajstić information content (AvgIpc) is 2.80. The van der Waals surface area contributed by atoms with Gasteiger partial charge in [-0.25, -0.2) is 9.02 Å². The normalized spacial score (nSPS) is 11.1. The largest absolute Gasteiger partial charge is 0.397 e. The number of hydrogen-bond acceptors (Lipinski definition) is 4. The van der Waals surface area contributed by atoms with E-state index in [4.69, 9.17) is 17.3 Å². The molecule has 4 nitrogen and oxygen atoms in total. The fourth-order valence-electron chi connectivity index (χ4n) is 2.00. The Bertz CT molecular complexity index is 736. The number of hydrogen-bond donors (Lipinski definition) is 1. The molecule has 0 unspecified atom stereocenters. The second kappa shape index (κ2) is 4.51. The zero-order valence-electron chi connectivity index (χ0n) is 9.73. The SMILES string of the molecule is Nc1c(Cc2cc(F)cc(Cl)c2)ccc2nonc12. The molecule has 3 aromatic rings. The van der Waals surface area contributed by atoms with Gasteiger partial charge in [-0.05, 0) is 52.1 Å². The first kappa shape index (κ1) is 11.9. The van der Waals surface area contributed by atoms with Crippen molar-refractivity contribution in [1.82, 2.24) is 10.3 Å². The molecule has 2 N–H and O–H groups in total. The number of rotatable bonds is 2. The van der Waals surface area contributed by atoms with Crippen LogP contribution >= 0.6 is 11.6 Å². The van der Waals surface area contributed by atoms with Crippen LogP contribution < -0.4 is 5.73 Å². The van der Waals surface area contributed by atoms with Crippen LogP contribution in [0, 0.1) is 5.82 Å². The minimum Gasteiger partial charge on any atom is -0.397 e. The van der Waals surface area contributed by atoms with Crippen LogP contribution in [0.3, 0.4) is 0 Å². The summed E-state index contributed by atoms with van der Waals surface area (Å²) < 4.78 is 17.9. The van der Waals surface area contributed by atoms with E-state index < -0.39 is 0 Å². The van der Waals surface area contributed by atoms with Crippen molar-refractivity contribution in [3.63, 3.8) is 0 Å². The highest BCUT2D eigenvalue weighted by atomic mass is 35.5. The number of nitrogens with zero attached hydrogens (tertiary/aromatic N) is 2. The maximum absolute atomic E-state index is 13.3. The van der Waals surface area contributed by atoms with E-state index in [1.54, 1.807) is 12.1 Å². The first-order valence-electron chi connectivity index (χ1n) is 5.58. The summed E-state index contributed by atoms with van der Waals surface area (Å²) in [5.41, 5.74) is 9.16. The lowest BCUT2D eigenvalue weighted by molar-refractivity contribution is 0.315. The maximum Gasteiger partial charge on any atom is 0.158 e. The van der Waals surface area contributed by atoms with E-state index in [1.165, 1.54) is 12.1 Å². The molecule has 0 saturated heterocycles. The molecule has 3 rings (SSSR count). The van der Waals surface area contributed by atoms with Gasteiger partial charge in [0.25, 0.3) is 0 Å². The fourth-order valence-corrected chi connectivity index (χ4v) is 2.24. The molecular formula is C13H9ClFN3O. The molecule has 0 amide bonds. The molecule has 96 valence electrons. The maximum atomic E-state index is 13.3. The number of nitrogens with two attached hydrogens (primary N) is 1. The van der Waals surface area contributed by atoms with Crippen LogP contribution in [0.25, 0.3) is 11.0 Å². The van der Waals surface area contributed by atoms with E-state index >= 15 is 0 Å². The summed E-state index contributed by atoms with van der Waals surface area (Å²) >= 11 is 5.83. The van der Waals surface area contributed by atoms with Gasteiger partial charge in [0.05, 0.1) is 5.69 Å². The highest BCUT2D eigenvalue weighted by Gasteiger charge is 2.10. The van der Waals surface area contributed by atoms with Gasteiger partial charge in [-0.15, -0.1) is 0 Å². The van der Waals surface area contributed by atoms with Gasteiger partial charge >= 0.3 is 0 Å². The van der Waals surface area contributed by atoms with Crippen molar-refractivity contribution < 1.29 is 9.02 Å². The molecule has 2 aromatic carbocycles. The van der Waals surface area contributed by atoms with E-state index in [1.807, 2.05) is 6.07 Å². The van der Waals surface area contributed by atoms with Crippen molar-refractivity contribution in [3.8, 4) is 0 Å². The summed E-state index contributed by atoms with van der Waals surface area (Å²) in [4.78, 5) is 0. The Morgan fingerprint density at radius 1 is 1.21 bits per heavy atom. The predicted molar refractivity (Wildman–Crippen MR) is 70.4 cm³/mol. The van der Waals surface area contributed by atoms with Crippen molar-refractivity contribution in [2.75, 3.05) is 5.73 Å². The standard InChI is InChI=1S/C13H9ClFN3O/c14-9-4-7(5-10(15)6-9)3-8-1-2-11-13(12(8)16)18-19-17-11/h1-2,4-6H,3,16H2. The van der Waals surface area contributed by atoms with Crippen LogP contribution in [0.15, 0.2) is 35.0 Å². The minimum absolute atomic E-state index is 0.359. The molecule has 0 aliphatic carbocycles. The Labute approximate surface area is 112 Å². The molecule has 0 atom stereocenters. The fraction of sp³-hybridized carbons (Fsp3) is 0.0769. The molecule has 0 spiro atoms. The molecule has 1 heterocycles. The van der Waals surface area contributed by atoms with Crippen LogP contribution in [0.1, 0.15) is 11.1 Å². The van der Waals surface area contributed by atoms with E-state index in [0.29, 0.717) is 28.2 Å². The smallest absolute Gasteiger partial charge is 0.158 e. The number of anilines is 1. The van der Waals surface area contributed by atoms with E-state index in [2.05, 4.69) is 14.9 Å². The molecule has 0 radical (unpaired) electrons. The van der Waals surface area contributed by atoms with Gasteiger partial charge < -0.3 is 5.73 Å². The van der Waals surface area contributed by atoms with E-state index in [9.17, 15) is 4.39 Å². The van der Waals surface area contributed by atoms with Crippen LogP contribution in [0.5, 0.6) is 0 Å². The van der Waals surface area contributed by atoms with Crippen LogP contribution in [0.4, 0.5) is 10.1 Å². The average molecular weight is 278 g/mol. The zero-order valence-corrected chi connectivity index (χ0v) is 10.5. The first-order valence-corrected chi connectivity index (χ1v) is 5.96. The van der Waals surface area contributed by atoms with Gasteiger partial charge in [0, 0.05) is 5.02 Å². The lowest BCUT2D eigenvalue weighted by atomic mass is 10.0. The highest BCUT2D eigenvalue weighted by Crippen LogP contribution is 2.25. The molecule has 0 aliphatic rings. The van der Waals surface area contributed by atoms with Crippen LogP contribution in [-0.4, -0.2) is 10.3 Å². The third-order valence-electron chi connectivity index (χ3n) is 2.87. The van der Waals surface area contributed by atoms with Crippen molar-refractivity contribution in [3.05, 3.63) is 52.3 Å². The Kier molecular flexibility index (Phi) is 2.83. The quantitative estimate of drug-likeness (QED) is 0.731. The Morgan fingerprint density at radius 3 is 2.84 bits per heavy atom. The highest BCUT2D eigenvalue weighted by molar-refractivity contribution is 6.30. The van der Waals surface area contributed by atoms with Gasteiger partial charge in [0.2, 0.25) is 0 Å². The second-order valence-electron chi connectivity index (χ2n) is 4.22. The molecule has 1 aromatic heterocycles. The summed E-state index contributed by atoms with van der Waals surface area (Å²) in [6.45, 7) is 0. The molecule has 19 heavy (non-hydrogen) atoms. The van der Waals surface area contributed by atoms with E-state index in [0.717, 1.165) is 11.1 Å². The zero-order chi connectivity index (χ0) is 13.4. The van der Waals surface area contributed by atoms with Gasteiger partial charge in [0.1, 0.15) is 11.3 Å². The monoisotopic (exact) mass is 277 g/mol.